The van der Waals surface area contributed by atoms with Crippen LogP contribution < -0.4 is 10.9 Å². The minimum absolute atomic E-state index is 0.255. The molecule has 3 heterocycles. The van der Waals surface area contributed by atoms with Crippen molar-refractivity contribution in [2.24, 2.45) is 0 Å². The zero-order valence-electron chi connectivity index (χ0n) is 16.5. The second kappa shape index (κ2) is 7.43. The highest BCUT2D eigenvalue weighted by molar-refractivity contribution is 6.01. The third kappa shape index (κ3) is 3.41. The van der Waals surface area contributed by atoms with E-state index in [-0.39, 0.29) is 11.4 Å². The smallest absolute Gasteiger partial charge is 0.271 e. The van der Waals surface area contributed by atoms with Gasteiger partial charge in [-0.3, -0.25) is 20.4 Å². The molecular formula is C21H18FN5O3. The number of halogens is 1. The molecule has 0 radical (unpaired) electrons. The molecule has 0 fully saturated rings. The molecule has 30 heavy (non-hydrogen) atoms. The molecule has 152 valence electrons. The zero-order valence-corrected chi connectivity index (χ0v) is 16.5. The monoisotopic (exact) mass is 407 g/mol. The second-order valence-electron chi connectivity index (χ2n) is 6.85. The molecule has 0 atom stereocenters. The molecule has 2 N–H and O–H groups in total. The molecule has 0 aliphatic carbocycles. The number of amides is 2. The quantitative estimate of drug-likeness (QED) is 0.508. The summed E-state index contributed by atoms with van der Waals surface area (Å²) in [7, 11) is 0. The maximum absolute atomic E-state index is 13.2. The van der Waals surface area contributed by atoms with E-state index in [4.69, 9.17) is 4.52 Å². The number of hydrogen-bond acceptors (Lipinski definition) is 5. The topological polar surface area (TPSA) is 102 Å². The van der Waals surface area contributed by atoms with Crippen LogP contribution in [0.15, 0.2) is 47.1 Å². The van der Waals surface area contributed by atoms with E-state index in [1.165, 1.54) is 18.3 Å². The first kappa shape index (κ1) is 19.3. The van der Waals surface area contributed by atoms with Crippen LogP contribution in [0.1, 0.15) is 37.8 Å². The fourth-order valence-electron chi connectivity index (χ4n) is 3.30. The van der Waals surface area contributed by atoms with E-state index < -0.39 is 11.8 Å². The van der Waals surface area contributed by atoms with Crippen LogP contribution in [0.5, 0.6) is 0 Å². The van der Waals surface area contributed by atoms with Gasteiger partial charge in [-0.1, -0.05) is 5.16 Å². The van der Waals surface area contributed by atoms with Crippen molar-refractivity contribution in [1.29, 1.82) is 0 Å². The van der Waals surface area contributed by atoms with Gasteiger partial charge in [0.05, 0.1) is 22.2 Å². The molecule has 8 nitrogen and oxygen atoms in total. The van der Waals surface area contributed by atoms with Crippen molar-refractivity contribution in [1.82, 2.24) is 25.6 Å². The molecule has 1 aromatic carbocycles. The molecule has 0 spiro atoms. The van der Waals surface area contributed by atoms with E-state index in [0.717, 1.165) is 11.4 Å². The third-order valence-electron chi connectivity index (χ3n) is 4.82. The highest BCUT2D eigenvalue weighted by Gasteiger charge is 2.18. The lowest BCUT2D eigenvalue weighted by atomic mass is 10.2. The van der Waals surface area contributed by atoms with Crippen molar-refractivity contribution in [2.75, 3.05) is 0 Å². The SMILES string of the molecule is Cc1noc2ncc(C(=O)NNC(=O)c3cc(C)n(-c4ccc(F)cc4)c3C)cc12. The summed E-state index contributed by atoms with van der Waals surface area (Å²) in [5, 5.41) is 4.42. The van der Waals surface area contributed by atoms with Crippen LogP contribution >= 0.6 is 0 Å². The first-order valence-electron chi connectivity index (χ1n) is 9.12. The van der Waals surface area contributed by atoms with Gasteiger partial charge in [0.1, 0.15) is 5.82 Å². The number of benzene rings is 1. The van der Waals surface area contributed by atoms with E-state index in [1.807, 2.05) is 11.5 Å². The molecule has 0 saturated heterocycles. The first-order chi connectivity index (χ1) is 14.3. The van der Waals surface area contributed by atoms with Crippen molar-refractivity contribution in [2.45, 2.75) is 20.8 Å². The Hall–Kier alpha value is -4.01. The van der Waals surface area contributed by atoms with Crippen LogP contribution in [-0.2, 0) is 0 Å². The summed E-state index contributed by atoms with van der Waals surface area (Å²) >= 11 is 0. The van der Waals surface area contributed by atoms with Crippen LogP contribution in [0.3, 0.4) is 0 Å². The fourth-order valence-corrected chi connectivity index (χ4v) is 3.30. The Bertz CT molecular complexity index is 1270. The lowest BCUT2D eigenvalue weighted by Gasteiger charge is -2.10. The van der Waals surface area contributed by atoms with Gasteiger partial charge >= 0.3 is 0 Å². The molecule has 9 heteroatoms. The summed E-state index contributed by atoms with van der Waals surface area (Å²) in [4.78, 5) is 29.1. The molecule has 3 aromatic heterocycles. The van der Waals surface area contributed by atoms with Crippen LogP contribution in [0, 0.1) is 26.6 Å². The molecule has 0 bridgehead atoms. The number of carbonyl (C=O) groups excluding carboxylic acids is 2. The summed E-state index contributed by atoms with van der Waals surface area (Å²) in [6.45, 7) is 5.36. The van der Waals surface area contributed by atoms with E-state index in [1.54, 1.807) is 38.1 Å². The molecule has 0 aliphatic rings. The highest BCUT2D eigenvalue weighted by Crippen LogP contribution is 2.21. The zero-order chi connectivity index (χ0) is 21.4. The predicted molar refractivity (Wildman–Crippen MR) is 107 cm³/mol. The number of pyridine rings is 1. The van der Waals surface area contributed by atoms with Crippen molar-refractivity contribution in [3.63, 3.8) is 0 Å². The van der Waals surface area contributed by atoms with E-state index in [9.17, 15) is 14.0 Å². The van der Waals surface area contributed by atoms with Gasteiger partial charge in [-0.05, 0) is 57.2 Å². The van der Waals surface area contributed by atoms with Gasteiger partial charge in [0.2, 0.25) is 0 Å². The number of hydrogen-bond donors (Lipinski definition) is 2. The van der Waals surface area contributed by atoms with Crippen molar-refractivity contribution in [3.05, 3.63) is 76.6 Å². The van der Waals surface area contributed by atoms with Crippen LogP contribution in [-0.4, -0.2) is 26.5 Å². The average molecular weight is 407 g/mol. The van der Waals surface area contributed by atoms with Gasteiger partial charge in [0, 0.05) is 23.3 Å². The Labute approximate surface area is 170 Å². The van der Waals surface area contributed by atoms with Crippen molar-refractivity contribution < 1.29 is 18.5 Å². The number of nitrogens with zero attached hydrogens (tertiary/aromatic N) is 3. The highest BCUT2D eigenvalue weighted by atomic mass is 19.1. The number of aryl methyl sites for hydroxylation is 2. The molecule has 0 saturated carbocycles. The summed E-state index contributed by atoms with van der Waals surface area (Å²) < 4.78 is 20.1. The van der Waals surface area contributed by atoms with E-state index in [2.05, 4.69) is 21.0 Å². The summed E-state index contributed by atoms with van der Waals surface area (Å²) in [5.74, 6) is -1.33. The standard InChI is InChI=1S/C21H18FN5O3/c1-11-8-18(13(3)27(11)16-6-4-15(22)5-7-16)20(29)25-24-19(28)14-9-17-12(2)26-30-21(17)23-10-14/h4-10H,1-3H3,(H,24,28)(H,25,29). The molecule has 4 aromatic rings. The Morgan fingerprint density at radius 2 is 1.73 bits per heavy atom. The van der Waals surface area contributed by atoms with Crippen LogP contribution in [0.2, 0.25) is 0 Å². The van der Waals surface area contributed by atoms with Crippen LogP contribution in [0.4, 0.5) is 4.39 Å². The minimum Gasteiger partial charge on any atom is -0.336 e. The lowest BCUT2D eigenvalue weighted by Crippen LogP contribution is -2.41. The van der Waals surface area contributed by atoms with Gasteiger partial charge in [-0.15, -0.1) is 0 Å². The number of carbonyl (C=O) groups is 2. The number of hydrazine groups is 1. The molecular weight excluding hydrogens is 389 g/mol. The third-order valence-corrected chi connectivity index (χ3v) is 4.82. The molecule has 4 rings (SSSR count). The van der Waals surface area contributed by atoms with Gasteiger partial charge in [-0.2, -0.15) is 0 Å². The Balaban J connectivity index is 1.51. The Morgan fingerprint density at radius 1 is 1.03 bits per heavy atom. The Morgan fingerprint density at radius 3 is 2.47 bits per heavy atom. The number of nitrogens with one attached hydrogen (secondary N) is 2. The first-order valence-corrected chi connectivity index (χ1v) is 9.12. The van der Waals surface area contributed by atoms with Gasteiger partial charge in [0.25, 0.3) is 17.5 Å². The lowest BCUT2D eigenvalue weighted by molar-refractivity contribution is 0.0846. The van der Waals surface area contributed by atoms with Gasteiger partial charge in [0.15, 0.2) is 0 Å². The number of rotatable bonds is 3. The van der Waals surface area contributed by atoms with E-state index in [0.29, 0.717) is 28.1 Å². The predicted octanol–water partition coefficient (Wildman–Crippen LogP) is 3.15. The number of fused-ring (bicyclic) bond motifs is 1. The fraction of sp³-hybridized carbons (Fsp3) is 0.143. The van der Waals surface area contributed by atoms with Crippen molar-refractivity contribution >= 4 is 22.9 Å². The summed E-state index contributed by atoms with van der Waals surface area (Å²) in [6, 6.07) is 9.28. The minimum atomic E-state index is -0.523. The van der Waals surface area contributed by atoms with Gasteiger partial charge in [-0.25, -0.2) is 9.37 Å². The summed E-state index contributed by atoms with van der Waals surface area (Å²) in [6.07, 6.45) is 1.34. The van der Waals surface area contributed by atoms with E-state index >= 15 is 0 Å². The normalized spacial score (nSPS) is 10.9. The maximum atomic E-state index is 13.2. The molecule has 0 aliphatic heterocycles. The summed E-state index contributed by atoms with van der Waals surface area (Å²) in [5.41, 5.74) is 8.59. The van der Waals surface area contributed by atoms with Crippen LogP contribution in [0.25, 0.3) is 16.8 Å². The van der Waals surface area contributed by atoms with Gasteiger partial charge < -0.3 is 9.09 Å². The Kier molecular flexibility index (Phi) is 4.78. The maximum Gasteiger partial charge on any atom is 0.271 e. The largest absolute Gasteiger partial charge is 0.336 e. The molecule has 0 unspecified atom stereocenters. The van der Waals surface area contributed by atoms with Crippen molar-refractivity contribution in [3.8, 4) is 5.69 Å². The number of aromatic nitrogens is 3. The second-order valence-corrected chi connectivity index (χ2v) is 6.85. The molecule has 2 amide bonds. The average Bonchev–Trinajstić information content (AvgIpc) is 3.25.